The van der Waals surface area contributed by atoms with Crippen LogP contribution in [-0.4, -0.2) is 53.2 Å². The van der Waals surface area contributed by atoms with Crippen molar-refractivity contribution in [3.63, 3.8) is 0 Å². The van der Waals surface area contributed by atoms with Crippen LogP contribution in [0.5, 0.6) is 0 Å². The number of carbonyl (C=O) groups excluding carboxylic acids is 3. The van der Waals surface area contributed by atoms with Crippen LogP contribution < -0.4 is 10.7 Å². The highest BCUT2D eigenvalue weighted by Crippen LogP contribution is 2.32. The third kappa shape index (κ3) is 7.43. The molecule has 6 rings (SSSR count). The molecule has 0 unspecified atom stereocenters. The number of amides is 3. The van der Waals surface area contributed by atoms with E-state index in [0.29, 0.717) is 42.0 Å². The second-order valence-electron chi connectivity index (χ2n) is 13.0. The number of benzene rings is 3. The number of piperidine rings is 1. The number of carbonyl (C=O) groups is 3. The van der Waals surface area contributed by atoms with E-state index in [-0.39, 0.29) is 41.3 Å². The molecular formula is C38H40ClN3O5. The van der Waals surface area contributed by atoms with Crippen molar-refractivity contribution < 1.29 is 18.8 Å². The standard InChI is InChI=1S/C38H40ClN3O5/c1-24(2)27-11-14-34-31(21-27)33(43)22-35(47-34)37(45)40-32(20-25-9-12-29(39)13-10-25)38(46)41-18-15-26(16-19-41)30-7-4-3-6-28(30)23-42-17-5-8-36(42)44/h3-4,6-7,9-14,21-22,24,26,32H,5,8,15-20,23H2,1-2H3,(H,40,45)/t32-/m1/s1. The van der Waals surface area contributed by atoms with Crippen LogP contribution in [0.3, 0.4) is 0 Å². The van der Waals surface area contributed by atoms with Crippen molar-refractivity contribution in [2.45, 2.75) is 70.4 Å². The fraction of sp³-hybridized carbons (Fsp3) is 0.368. The van der Waals surface area contributed by atoms with Gasteiger partial charge in [-0.05, 0) is 77.6 Å². The Morgan fingerprint density at radius 2 is 1.70 bits per heavy atom. The number of rotatable bonds is 9. The summed E-state index contributed by atoms with van der Waals surface area (Å²) in [6.45, 7) is 6.58. The van der Waals surface area contributed by atoms with Crippen LogP contribution in [0.25, 0.3) is 11.0 Å². The molecule has 2 aliphatic heterocycles. The van der Waals surface area contributed by atoms with E-state index in [1.165, 1.54) is 11.6 Å². The minimum Gasteiger partial charge on any atom is -0.451 e. The quantitative estimate of drug-likeness (QED) is 0.224. The normalized spacial score (nSPS) is 16.2. The largest absolute Gasteiger partial charge is 0.451 e. The zero-order chi connectivity index (χ0) is 33.1. The van der Waals surface area contributed by atoms with Crippen LogP contribution in [0.4, 0.5) is 0 Å². The van der Waals surface area contributed by atoms with E-state index in [1.54, 1.807) is 24.3 Å². The van der Waals surface area contributed by atoms with Gasteiger partial charge in [-0.25, -0.2) is 0 Å². The Morgan fingerprint density at radius 1 is 0.957 bits per heavy atom. The van der Waals surface area contributed by atoms with E-state index in [2.05, 4.69) is 17.4 Å². The number of nitrogens with one attached hydrogen (secondary N) is 1. The topological polar surface area (TPSA) is 99.9 Å². The zero-order valence-electron chi connectivity index (χ0n) is 26.8. The van der Waals surface area contributed by atoms with Gasteiger partial charge in [-0.15, -0.1) is 0 Å². The van der Waals surface area contributed by atoms with Crippen molar-refractivity contribution in [3.8, 4) is 0 Å². The zero-order valence-corrected chi connectivity index (χ0v) is 27.6. The number of likely N-dealkylation sites (tertiary alicyclic amines) is 2. The third-order valence-electron chi connectivity index (χ3n) is 9.43. The van der Waals surface area contributed by atoms with Gasteiger partial charge in [0.05, 0.1) is 5.39 Å². The molecule has 2 saturated heterocycles. The summed E-state index contributed by atoms with van der Waals surface area (Å²) in [4.78, 5) is 56.6. The first kappa shape index (κ1) is 32.5. The molecule has 3 amide bonds. The SMILES string of the molecule is CC(C)c1ccc2oc(C(=O)N[C@H](Cc3ccc(Cl)cc3)C(=O)N3CCC(c4ccccc4CN4CCCC4=O)CC3)cc(=O)c2c1. The van der Waals surface area contributed by atoms with Crippen molar-refractivity contribution in [2.75, 3.05) is 19.6 Å². The van der Waals surface area contributed by atoms with E-state index in [4.69, 9.17) is 16.0 Å². The molecule has 3 aromatic carbocycles. The maximum Gasteiger partial charge on any atom is 0.287 e. The fourth-order valence-corrected chi connectivity index (χ4v) is 6.84. The van der Waals surface area contributed by atoms with Gasteiger partial charge < -0.3 is 19.5 Å². The summed E-state index contributed by atoms with van der Waals surface area (Å²) < 4.78 is 5.88. The van der Waals surface area contributed by atoms with Crippen LogP contribution in [0.15, 0.2) is 82.0 Å². The average Bonchev–Trinajstić information content (AvgIpc) is 3.48. The fourth-order valence-electron chi connectivity index (χ4n) is 6.72. The Bertz CT molecular complexity index is 1840. The molecule has 1 atom stereocenters. The smallest absolute Gasteiger partial charge is 0.287 e. The molecule has 8 nitrogen and oxygen atoms in total. The van der Waals surface area contributed by atoms with E-state index in [0.717, 1.165) is 42.5 Å². The van der Waals surface area contributed by atoms with Gasteiger partial charge in [0.1, 0.15) is 11.6 Å². The summed E-state index contributed by atoms with van der Waals surface area (Å²) in [7, 11) is 0. The van der Waals surface area contributed by atoms with Crippen LogP contribution >= 0.6 is 11.6 Å². The molecule has 0 aliphatic carbocycles. The van der Waals surface area contributed by atoms with Gasteiger partial charge >= 0.3 is 0 Å². The Hall–Kier alpha value is -4.43. The Kier molecular flexibility index (Phi) is 9.78. The molecule has 1 aromatic heterocycles. The minimum absolute atomic E-state index is 0.138. The van der Waals surface area contributed by atoms with Gasteiger partial charge in [0.15, 0.2) is 11.2 Å². The van der Waals surface area contributed by atoms with Crippen LogP contribution in [-0.2, 0) is 22.6 Å². The van der Waals surface area contributed by atoms with Gasteiger partial charge in [-0.2, -0.15) is 0 Å². The minimum atomic E-state index is -0.877. The molecule has 0 radical (unpaired) electrons. The number of halogens is 1. The van der Waals surface area contributed by atoms with Crippen molar-refractivity contribution in [2.24, 2.45) is 0 Å². The van der Waals surface area contributed by atoms with Crippen LogP contribution in [0.2, 0.25) is 5.02 Å². The summed E-state index contributed by atoms with van der Waals surface area (Å²) in [6, 6.07) is 21.2. The lowest BCUT2D eigenvalue weighted by atomic mass is 9.86. The Labute approximate surface area is 279 Å². The number of nitrogens with zero attached hydrogens (tertiary/aromatic N) is 2. The summed E-state index contributed by atoms with van der Waals surface area (Å²) >= 11 is 6.11. The molecule has 244 valence electrons. The lowest BCUT2D eigenvalue weighted by Gasteiger charge is -2.35. The van der Waals surface area contributed by atoms with Gasteiger partial charge in [0.2, 0.25) is 11.8 Å². The molecular weight excluding hydrogens is 614 g/mol. The van der Waals surface area contributed by atoms with Gasteiger partial charge in [0.25, 0.3) is 5.91 Å². The summed E-state index contributed by atoms with van der Waals surface area (Å²) in [6.07, 6.45) is 3.32. The third-order valence-corrected chi connectivity index (χ3v) is 9.68. The van der Waals surface area contributed by atoms with E-state index < -0.39 is 11.9 Å². The van der Waals surface area contributed by atoms with Crippen LogP contribution in [0, 0.1) is 0 Å². The average molecular weight is 654 g/mol. The predicted molar refractivity (Wildman–Crippen MR) is 183 cm³/mol. The molecule has 2 fully saturated rings. The highest BCUT2D eigenvalue weighted by molar-refractivity contribution is 6.30. The first-order valence-electron chi connectivity index (χ1n) is 16.4. The summed E-state index contributed by atoms with van der Waals surface area (Å²) in [5.41, 5.74) is 4.26. The van der Waals surface area contributed by atoms with Crippen molar-refractivity contribution in [1.82, 2.24) is 15.1 Å². The van der Waals surface area contributed by atoms with Gasteiger partial charge in [-0.3, -0.25) is 19.2 Å². The molecule has 1 N–H and O–H groups in total. The molecule has 9 heteroatoms. The second kappa shape index (κ2) is 14.1. The lowest BCUT2D eigenvalue weighted by molar-refractivity contribution is -0.134. The maximum absolute atomic E-state index is 14.0. The number of hydrogen-bond donors (Lipinski definition) is 1. The van der Waals surface area contributed by atoms with E-state index in [1.807, 2.05) is 54.0 Å². The predicted octanol–water partition coefficient (Wildman–Crippen LogP) is 6.44. The van der Waals surface area contributed by atoms with Crippen molar-refractivity contribution >= 4 is 40.3 Å². The molecule has 3 heterocycles. The van der Waals surface area contributed by atoms with Crippen LogP contribution in [0.1, 0.15) is 84.2 Å². The molecule has 4 aromatic rings. The Morgan fingerprint density at radius 3 is 2.40 bits per heavy atom. The maximum atomic E-state index is 14.0. The number of fused-ring (bicyclic) bond motifs is 1. The van der Waals surface area contributed by atoms with Crippen molar-refractivity contribution in [3.05, 3.63) is 116 Å². The molecule has 0 saturated carbocycles. The first-order valence-corrected chi connectivity index (χ1v) is 16.8. The molecule has 2 aliphatic rings. The lowest BCUT2D eigenvalue weighted by Crippen LogP contribution is -2.51. The second-order valence-corrected chi connectivity index (χ2v) is 13.4. The molecule has 47 heavy (non-hydrogen) atoms. The Balaban J connectivity index is 1.18. The van der Waals surface area contributed by atoms with Crippen molar-refractivity contribution in [1.29, 1.82) is 0 Å². The summed E-state index contributed by atoms with van der Waals surface area (Å²) in [5, 5.41) is 3.87. The summed E-state index contributed by atoms with van der Waals surface area (Å²) in [5.74, 6) is -0.239. The monoisotopic (exact) mass is 653 g/mol. The van der Waals surface area contributed by atoms with Gasteiger partial charge in [0, 0.05) is 50.1 Å². The highest BCUT2D eigenvalue weighted by atomic mass is 35.5. The molecule has 0 bridgehead atoms. The molecule has 0 spiro atoms. The first-order chi connectivity index (χ1) is 22.7. The van der Waals surface area contributed by atoms with Gasteiger partial charge in [-0.1, -0.05) is 67.9 Å². The number of hydrogen-bond acceptors (Lipinski definition) is 5. The van der Waals surface area contributed by atoms with E-state index in [9.17, 15) is 19.2 Å². The highest BCUT2D eigenvalue weighted by Gasteiger charge is 2.32. The van der Waals surface area contributed by atoms with E-state index >= 15 is 0 Å².